The molecule has 2 aliphatic heterocycles. The lowest BCUT2D eigenvalue weighted by Crippen LogP contribution is -2.48. The summed E-state index contributed by atoms with van der Waals surface area (Å²) in [6.07, 6.45) is 6.56. The van der Waals surface area contributed by atoms with Crippen LogP contribution in [0.1, 0.15) is 59.3 Å². The van der Waals surface area contributed by atoms with Gasteiger partial charge in [0.1, 0.15) is 0 Å². The fourth-order valence-electron chi connectivity index (χ4n) is 3.21. The molecular formula is C15H28N2O. The molecule has 3 nitrogen and oxygen atoms in total. The minimum atomic E-state index is 0.254. The smallest absolute Gasteiger partial charge is 0.222 e. The molecule has 2 aliphatic rings. The Morgan fingerprint density at radius 1 is 1.22 bits per heavy atom. The van der Waals surface area contributed by atoms with Crippen LogP contribution in [0.4, 0.5) is 0 Å². The van der Waals surface area contributed by atoms with Crippen LogP contribution in [0.15, 0.2) is 0 Å². The van der Waals surface area contributed by atoms with E-state index in [0.29, 0.717) is 30.5 Å². The molecule has 2 atom stereocenters. The molecule has 2 fully saturated rings. The lowest BCUT2D eigenvalue weighted by atomic mass is 9.90. The second-order valence-electron chi connectivity index (χ2n) is 7.33. The molecular weight excluding hydrogens is 224 g/mol. The predicted molar refractivity (Wildman–Crippen MR) is 74.4 cm³/mol. The van der Waals surface area contributed by atoms with Gasteiger partial charge in [0.2, 0.25) is 5.91 Å². The first-order valence-corrected chi connectivity index (χ1v) is 7.37. The summed E-state index contributed by atoms with van der Waals surface area (Å²) in [5.41, 5.74) is 0.254. The highest BCUT2D eigenvalue weighted by atomic mass is 16.2. The maximum absolute atomic E-state index is 12.2. The standard InChI is InChI=1S/C15H28N2O/c1-15(2,3)8-7-14(18)17(4)13-9-11-5-6-12(10-13)16-11/h11-13,16H,5-10H2,1-4H3. The third kappa shape index (κ3) is 3.47. The molecule has 0 aromatic carbocycles. The Bertz CT molecular complexity index is 296. The number of nitrogens with zero attached hydrogens (tertiary/aromatic N) is 1. The normalized spacial score (nSPS) is 31.4. The van der Waals surface area contributed by atoms with Crippen LogP contribution in [0.3, 0.4) is 0 Å². The summed E-state index contributed by atoms with van der Waals surface area (Å²) in [5, 5.41) is 3.63. The highest BCUT2D eigenvalue weighted by Gasteiger charge is 2.36. The van der Waals surface area contributed by atoms with Crippen molar-refractivity contribution in [3.05, 3.63) is 0 Å². The zero-order valence-electron chi connectivity index (χ0n) is 12.3. The minimum absolute atomic E-state index is 0.254. The maximum atomic E-state index is 12.2. The van der Waals surface area contributed by atoms with Gasteiger partial charge in [0, 0.05) is 31.6 Å². The van der Waals surface area contributed by atoms with Crippen molar-refractivity contribution >= 4 is 5.91 Å². The van der Waals surface area contributed by atoms with Crippen LogP contribution < -0.4 is 5.32 Å². The van der Waals surface area contributed by atoms with Gasteiger partial charge in [-0.2, -0.15) is 0 Å². The van der Waals surface area contributed by atoms with Crippen molar-refractivity contribution in [2.24, 2.45) is 5.41 Å². The molecule has 3 heteroatoms. The highest BCUT2D eigenvalue weighted by Crippen LogP contribution is 2.30. The van der Waals surface area contributed by atoms with Gasteiger partial charge in [-0.1, -0.05) is 20.8 Å². The summed E-state index contributed by atoms with van der Waals surface area (Å²) in [6, 6.07) is 1.79. The molecule has 2 unspecified atom stereocenters. The zero-order valence-corrected chi connectivity index (χ0v) is 12.3. The summed E-state index contributed by atoms with van der Waals surface area (Å²) in [7, 11) is 2.00. The first-order chi connectivity index (χ1) is 8.35. The second kappa shape index (κ2) is 5.20. The number of carbonyl (C=O) groups is 1. The SMILES string of the molecule is CN(C(=O)CCC(C)(C)C)C1CC2CCC(C1)N2. The van der Waals surface area contributed by atoms with Crippen molar-refractivity contribution in [3.8, 4) is 0 Å². The molecule has 1 N–H and O–H groups in total. The van der Waals surface area contributed by atoms with Gasteiger partial charge in [-0.25, -0.2) is 0 Å². The van der Waals surface area contributed by atoms with Gasteiger partial charge in [-0.15, -0.1) is 0 Å². The Labute approximate surface area is 111 Å². The third-order valence-electron chi connectivity index (χ3n) is 4.48. The lowest BCUT2D eigenvalue weighted by Gasteiger charge is -2.36. The molecule has 2 heterocycles. The van der Waals surface area contributed by atoms with E-state index in [0.717, 1.165) is 19.3 Å². The van der Waals surface area contributed by atoms with Crippen LogP contribution in [-0.2, 0) is 4.79 Å². The fraction of sp³-hybridized carbons (Fsp3) is 0.933. The van der Waals surface area contributed by atoms with Crippen molar-refractivity contribution < 1.29 is 4.79 Å². The molecule has 2 bridgehead atoms. The first kappa shape index (κ1) is 13.9. The van der Waals surface area contributed by atoms with Crippen LogP contribution in [0.25, 0.3) is 0 Å². The van der Waals surface area contributed by atoms with Gasteiger partial charge in [0.25, 0.3) is 0 Å². The second-order valence-corrected chi connectivity index (χ2v) is 7.33. The van der Waals surface area contributed by atoms with E-state index in [-0.39, 0.29) is 5.41 Å². The molecule has 104 valence electrons. The van der Waals surface area contributed by atoms with Crippen molar-refractivity contribution in [1.29, 1.82) is 0 Å². The third-order valence-corrected chi connectivity index (χ3v) is 4.48. The van der Waals surface area contributed by atoms with E-state index < -0.39 is 0 Å². The number of piperidine rings is 1. The van der Waals surface area contributed by atoms with Gasteiger partial charge in [-0.05, 0) is 37.5 Å². The van der Waals surface area contributed by atoms with Gasteiger partial charge >= 0.3 is 0 Å². The molecule has 2 saturated heterocycles. The zero-order chi connectivity index (χ0) is 13.3. The number of amides is 1. The number of hydrogen-bond donors (Lipinski definition) is 1. The van der Waals surface area contributed by atoms with E-state index in [4.69, 9.17) is 0 Å². The maximum Gasteiger partial charge on any atom is 0.222 e. The van der Waals surface area contributed by atoms with Gasteiger partial charge in [-0.3, -0.25) is 4.79 Å². The summed E-state index contributed by atoms with van der Waals surface area (Å²) in [5.74, 6) is 0.330. The topological polar surface area (TPSA) is 32.3 Å². The van der Waals surface area contributed by atoms with E-state index in [1.54, 1.807) is 0 Å². The number of hydrogen-bond acceptors (Lipinski definition) is 2. The van der Waals surface area contributed by atoms with Crippen molar-refractivity contribution in [2.45, 2.75) is 77.4 Å². The van der Waals surface area contributed by atoms with Crippen LogP contribution in [-0.4, -0.2) is 36.0 Å². The molecule has 1 amide bonds. The molecule has 0 radical (unpaired) electrons. The lowest BCUT2D eigenvalue weighted by molar-refractivity contribution is -0.133. The summed E-state index contributed by atoms with van der Waals surface area (Å²) in [6.45, 7) is 6.60. The molecule has 0 saturated carbocycles. The van der Waals surface area contributed by atoms with Gasteiger partial charge < -0.3 is 10.2 Å². The van der Waals surface area contributed by atoms with Crippen molar-refractivity contribution in [3.63, 3.8) is 0 Å². The van der Waals surface area contributed by atoms with Crippen molar-refractivity contribution in [2.75, 3.05) is 7.05 Å². The van der Waals surface area contributed by atoms with E-state index >= 15 is 0 Å². The fourth-order valence-corrected chi connectivity index (χ4v) is 3.21. The molecule has 18 heavy (non-hydrogen) atoms. The quantitative estimate of drug-likeness (QED) is 0.837. The largest absolute Gasteiger partial charge is 0.343 e. The molecule has 0 aromatic rings. The van der Waals surface area contributed by atoms with Gasteiger partial charge in [0.05, 0.1) is 0 Å². The van der Waals surface area contributed by atoms with Gasteiger partial charge in [0.15, 0.2) is 0 Å². The van der Waals surface area contributed by atoms with Crippen LogP contribution in [0.2, 0.25) is 0 Å². The summed E-state index contributed by atoms with van der Waals surface area (Å²) >= 11 is 0. The summed E-state index contributed by atoms with van der Waals surface area (Å²) in [4.78, 5) is 14.3. The Morgan fingerprint density at radius 2 is 1.78 bits per heavy atom. The number of carbonyl (C=O) groups excluding carboxylic acids is 1. The first-order valence-electron chi connectivity index (χ1n) is 7.37. The number of fused-ring (bicyclic) bond motifs is 2. The number of nitrogens with one attached hydrogen (secondary N) is 1. The van der Waals surface area contributed by atoms with E-state index in [9.17, 15) is 4.79 Å². The van der Waals surface area contributed by atoms with E-state index in [2.05, 4.69) is 26.1 Å². The Balaban J connectivity index is 1.83. The van der Waals surface area contributed by atoms with Crippen LogP contribution in [0.5, 0.6) is 0 Å². The minimum Gasteiger partial charge on any atom is -0.343 e. The van der Waals surface area contributed by atoms with Crippen LogP contribution in [0, 0.1) is 5.41 Å². The Kier molecular flexibility index (Phi) is 4.00. The Hall–Kier alpha value is -0.570. The molecule has 2 rings (SSSR count). The van der Waals surface area contributed by atoms with E-state index in [1.807, 2.05) is 11.9 Å². The summed E-state index contributed by atoms with van der Waals surface area (Å²) < 4.78 is 0. The average molecular weight is 252 g/mol. The average Bonchev–Trinajstić information content (AvgIpc) is 2.63. The Morgan fingerprint density at radius 3 is 2.28 bits per heavy atom. The van der Waals surface area contributed by atoms with Crippen molar-refractivity contribution in [1.82, 2.24) is 10.2 Å². The predicted octanol–water partition coefficient (Wildman–Crippen LogP) is 2.55. The highest BCUT2D eigenvalue weighted by molar-refractivity contribution is 5.76. The van der Waals surface area contributed by atoms with E-state index in [1.165, 1.54) is 12.8 Å². The number of rotatable bonds is 3. The monoisotopic (exact) mass is 252 g/mol. The molecule has 0 aromatic heterocycles. The molecule has 0 aliphatic carbocycles. The van der Waals surface area contributed by atoms with Crippen LogP contribution >= 0.6 is 0 Å². The molecule has 0 spiro atoms.